The molecule has 154 valence electrons. The zero-order valence-corrected chi connectivity index (χ0v) is 17.7. The van der Waals surface area contributed by atoms with Crippen LogP contribution in [0.4, 0.5) is 5.69 Å². The second kappa shape index (κ2) is 8.57. The van der Waals surface area contributed by atoms with Gasteiger partial charge in [-0.05, 0) is 56.9 Å². The van der Waals surface area contributed by atoms with Crippen LogP contribution in [-0.4, -0.2) is 50.2 Å². The molecule has 2 amide bonds. The largest absolute Gasteiger partial charge is 0.342 e. The second-order valence-corrected chi connectivity index (χ2v) is 9.33. The van der Waals surface area contributed by atoms with Gasteiger partial charge in [0.1, 0.15) is 5.82 Å². The maximum atomic E-state index is 12.9. The Morgan fingerprint density at radius 2 is 1.83 bits per heavy atom. The quantitative estimate of drug-likeness (QED) is 0.707. The molecule has 29 heavy (non-hydrogen) atoms. The van der Waals surface area contributed by atoms with Crippen molar-refractivity contribution in [2.24, 2.45) is 0 Å². The fourth-order valence-electron chi connectivity index (χ4n) is 3.70. The molecule has 2 aliphatic rings. The highest BCUT2D eigenvalue weighted by Crippen LogP contribution is 2.38. The Morgan fingerprint density at radius 1 is 1.14 bits per heavy atom. The molecule has 1 atom stereocenters. The van der Waals surface area contributed by atoms with Crippen molar-refractivity contribution in [3.63, 3.8) is 0 Å². The highest BCUT2D eigenvalue weighted by molar-refractivity contribution is 8.00. The fraction of sp³-hybridized carbons (Fsp3) is 0.524. The summed E-state index contributed by atoms with van der Waals surface area (Å²) in [5, 5.41) is 10.1. The van der Waals surface area contributed by atoms with E-state index in [-0.39, 0.29) is 17.1 Å². The van der Waals surface area contributed by atoms with Gasteiger partial charge in [-0.1, -0.05) is 0 Å². The first-order valence-corrected chi connectivity index (χ1v) is 11.1. The van der Waals surface area contributed by atoms with Crippen molar-refractivity contribution in [3.8, 4) is 0 Å². The van der Waals surface area contributed by atoms with Gasteiger partial charge in [-0.2, -0.15) is 5.10 Å². The van der Waals surface area contributed by atoms with Crippen LogP contribution in [0.3, 0.4) is 0 Å². The number of likely N-dealkylation sites (tertiary alicyclic amines) is 1. The molecule has 1 aromatic heterocycles. The zero-order chi connectivity index (χ0) is 20.4. The summed E-state index contributed by atoms with van der Waals surface area (Å²) in [5.74, 6) is 2.96. The highest BCUT2D eigenvalue weighted by atomic mass is 32.2. The number of benzene rings is 1. The van der Waals surface area contributed by atoms with E-state index >= 15 is 0 Å². The van der Waals surface area contributed by atoms with Crippen molar-refractivity contribution in [2.75, 3.05) is 18.4 Å². The number of anilines is 1. The third-order valence-corrected chi connectivity index (χ3v) is 6.59. The average Bonchev–Trinajstić information content (AvgIpc) is 3.45. The lowest BCUT2D eigenvalue weighted by molar-refractivity contribution is -0.131. The molecule has 2 fully saturated rings. The van der Waals surface area contributed by atoms with Gasteiger partial charge >= 0.3 is 0 Å². The fourth-order valence-corrected chi connectivity index (χ4v) is 4.65. The van der Waals surface area contributed by atoms with Crippen LogP contribution in [0.1, 0.15) is 63.0 Å². The van der Waals surface area contributed by atoms with Crippen molar-refractivity contribution in [1.29, 1.82) is 0 Å². The molecule has 0 radical (unpaired) electrons. The van der Waals surface area contributed by atoms with E-state index in [1.807, 2.05) is 36.1 Å². The maximum Gasteiger partial charge on any atom is 0.235 e. The number of carbonyl (C=O) groups is 2. The molecule has 1 saturated heterocycles. The number of rotatable bonds is 6. The van der Waals surface area contributed by atoms with Crippen molar-refractivity contribution in [3.05, 3.63) is 35.9 Å². The highest BCUT2D eigenvalue weighted by Gasteiger charge is 2.31. The van der Waals surface area contributed by atoms with Gasteiger partial charge in [0, 0.05) is 42.4 Å². The summed E-state index contributed by atoms with van der Waals surface area (Å²) in [7, 11) is 0. The summed E-state index contributed by atoms with van der Waals surface area (Å²) in [6.45, 7) is 4.96. The molecule has 0 spiro atoms. The van der Waals surface area contributed by atoms with Crippen LogP contribution in [0.15, 0.2) is 29.2 Å². The first kappa shape index (κ1) is 19.9. The van der Waals surface area contributed by atoms with Crippen LogP contribution in [0, 0.1) is 0 Å². The Kier molecular flexibility index (Phi) is 5.89. The van der Waals surface area contributed by atoms with Gasteiger partial charge in [0.15, 0.2) is 5.82 Å². The third kappa shape index (κ3) is 4.98. The minimum atomic E-state index is -0.148. The Bertz CT molecular complexity index is 869. The molecule has 8 heteroatoms. The predicted molar refractivity (Wildman–Crippen MR) is 113 cm³/mol. The molecular formula is C21H27N5O2S. The number of aromatic nitrogens is 3. The minimum Gasteiger partial charge on any atom is -0.342 e. The topological polar surface area (TPSA) is 91.0 Å². The molecular weight excluding hydrogens is 386 g/mol. The van der Waals surface area contributed by atoms with Crippen molar-refractivity contribution in [1.82, 2.24) is 20.1 Å². The number of carbonyl (C=O) groups excluding carboxylic acids is 2. The summed E-state index contributed by atoms with van der Waals surface area (Å²) in [5.41, 5.74) is 0.764. The molecule has 2 heterocycles. The van der Waals surface area contributed by atoms with Gasteiger partial charge in [0.2, 0.25) is 11.8 Å². The van der Waals surface area contributed by atoms with Crippen LogP contribution in [0.2, 0.25) is 0 Å². The van der Waals surface area contributed by atoms with Gasteiger partial charge in [-0.3, -0.25) is 14.7 Å². The minimum absolute atomic E-state index is 0.0913. The molecule has 4 rings (SSSR count). The molecule has 1 unspecified atom stereocenters. The first-order chi connectivity index (χ1) is 14.0. The number of hydrogen-bond acceptors (Lipinski definition) is 5. The number of hydrogen-bond donors (Lipinski definition) is 2. The zero-order valence-electron chi connectivity index (χ0n) is 16.9. The van der Waals surface area contributed by atoms with E-state index in [0.717, 1.165) is 48.2 Å². The van der Waals surface area contributed by atoms with Gasteiger partial charge in [0.05, 0.1) is 5.25 Å². The normalized spacial score (nSPS) is 18.5. The van der Waals surface area contributed by atoms with Crippen LogP contribution in [0.5, 0.6) is 0 Å². The number of nitrogens with one attached hydrogen (secondary N) is 2. The lowest BCUT2D eigenvalue weighted by atomic mass is 9.96. The molecule has 1 saturated carbocycles. The number of thioether (sulfide) groups is 1. The van der Waals surface area contributed by atoms with E-state index in [9.17, 15) is 9.59 Å². The van der Waals surface area contributed by atoms with Crippen LogP contribution in [0.25, 0.3) is 0 Å². The number of aromatic amines is 1. The monoisotopic (exact) mass is 413 g/mol. The molecule has 0 bridgehead atoms. The molecule has 2 aromatic rings. The van der Waals surface area contributed by atoms with Gasteiger partial charge < -0.3 is 10.2 Å². The van der Waals surface area contributed by atoms with Gasteiger partial charge in [-0.25, -0.2) is 4.98 Å². The third-order valence-electron chi connectivity index (χ3n) is 5.49. The molecule has 1 aromatic carbocycles. The lowest BCUT2D eigenvalue weighted by Crippen LogP contribution is -2.41. The van der Waals surface area contributed by atoms with Crippen molar-refractivity contribution >= 4 is 29.3 Å². The summed E-state index contributed by atoms with van der Waals surface area (Å²) in [6, 6.07) is 7.60. The van der Waals surface area contributed by atoms with Crippen LogP contribution in [-0.2, 0) is 9.59 Å². The second-order valence-electron chi connectivity index (χ2n) is 7.92. The number of nitrogens with zero attached hydrogens (tertiary/aromatic N) is 3. The smallest absolute Gasteiger partial charge is 0.235 e. The predicted octanol–water partition coefficient (Wildman–Crippen LogP) is 3.53. The number of piperidine rings is 1. The summed E-state index contributed by atoms with van der Waals surface area (Å²) in [4.78, 5) is 31.7. The Morgan fingerprint density at radius 3 is 2.45 bits per heavy atom. The lowest BCUT2D eigenvalue weighted by Gasteiger charge is -2.32. The van der Waals surface area contributed by atoms with Gasteiger partial charge in [0.25, 0.3) is 0 Å². The van der Waals surface area contributed by atoms with E-state index < -0.39 is 0 Å². The Balaban J connectivity index is 1.27. The van der Waals surface area contributed by atoms with E-state index in [0.29, 0.717) is 11.8 Å². The molecule has 2 N–H and O–H groups in total. The Hall–Kier alpha value is -2.35. The molecule has 1 aliphatic heterocycles. The van der Waals surface area contributed by atoms with E-state index in [4.69, 9.17) is 0 Å². The SMILES string of the molecule is CC(=O)Nc1ccc(SC(C)C(=O)N2CCC(c3nc(C4CC4)n[nH]3)CC2)cc1. The summed E-state index contributed by atoms with van der Waals surface area (Å²) >= 11 is 1.55. The number of H-pyrrole nitrogens is 1. The number of amides is 2. The van der Waals surface area contributed by atoms with Crippen LogP contribution >= 0.6 is 11.8 Å². The van der Waals surface area contributed by atoms with E-state index in [2.05, 4.69) is 20.5 Å². The van der Waals surface area contributed by atoms with Crippen molar-refractivity contribution in [2.45, 2.75) is 61.5 Å². The molecule has 1 aliphatic carbocycles. The van der Waals surface area contributed by atoms with E-state index in [1.165, 1.54) is 19.8 Å². The van der Waals surface area contributed by atoms with Crippen molar-refractivity contribution < 1.29 is 9.59 Å². The van der Waals surface area contributed by atoms with Crippen LogP contribution < -0.4 is 5.32 Å². The van der Waals surface area contributed by atoms with E-state index in [1.54, 1.807) is 11.8 Å². The first-order valence-electron chi connectivity index (χ1n) is 10.2. The average molecular weight is 414 g/mol. The Labute approximate surface area is 175 Å². The maximum absolute atomic E-state index is 12.9. The summed E-state index contributed by atoms with van der Waals surface area (Å²) < 4.78 is 0. The van der Waals surface area contributed by atoms with Gasteiger partial charge in [-0.15, -0.1) is 11.8 Å². The summed E-state index contributed by atoms with van der Waals surface area (Å²) in [6.07, 6.45) is 4.26. The molecule has 7 nitrogen and oxygen atoms in total. The standard InChI is InChI=1S/C21H27N5O2S/c1-13(29-18-7-5-17(6-8-18)22-14(2)27)21(28)26-11-9-16(10-12-26)20-23-19(24-25-20)15-3-4-15/h5-8,13,15-16H,3-4,9-12H2,1-2H3,(H,22,27)(H,23,24,25).